The molecule has 28 heavy (non-hydrogen) atoms. The Morgan fingerprint density at radius 3 is 2.39 bits per heavy atom. The number of carbonyl (C=O) groups is 3. The minimum atomic E-state index is -0.238. The fourth-order valence-electron chi connectivity index (χ4n) is 3.48. The number of nitrogens with zero attached hydrogens (tertiary/aromatic N) is 1. The number of nitrogens with one attached hydrogen (secondary N) is 3. The molecule has 142 valence electrons. The molecule has 7 heteroatoms. The minimum absolute atomic E-state index is 0.0976. The molecule has 3 amide bonds. The molecule has 3 N–H and O–H groups in total. The first-order valence-corrected chi connectivity index (χ1v) is 9.04. The Hall–Kier alpha value is -3.61. The minimum Gasteiger partial charge on any atom is -0.349 e. The molecule has 0 saturated carbocycles. The van der Waals surface area contributed by atoms with Crippen LogP contribution in [0, 0.1) is 0 Å². The molecule has 0 aliphatic carbocycles. The average molecular weight is 376 g/mol. The number of amides is 3. The molecule has 4 rings (SSSR count). The highest BCUT2D eigenvalue weighted by Crippen LogP contribution is 2.27. The van der Waals surface area contributed by atoms with Crippen molar-refractivity contribution in [1.82, 2.24) is 9.88 Å². The van der Waals surface area contributed by atoms with Gasteiger partial charge in [-0.15, -0.1) is 0 Å². The van der Waals surface area contributed by atoms with Crippen LogP contribution in [-0.2, 0) is 4.79 Å². The standard InChI is InChI=1S/C21H20N4O3/c1-12-11-22-21(28)19-9-14-3-4-15(10-18(14)25(12)19)20(27)24-17-7-5-16(6-8-17)23-13(2)26/h3-10,12H,11H2,1-2H3,(H,22,28)(H,23,26)(H,24,27). The van der Waals surface area contributed by atoms with Gasteiger partial charge >= 0.3 is 0 Å². The van der Waals surface area contributed by atoms with Crippen molar-refractivity contribution in [2.75, 3.05) is 17.2 Å². The zero-order valence-electron chi connectivity index (χ0n) is 15.6. The van der Waals surface area contributed by atoms with Gasteiger partial charge in [-0.25, -0.2) is 0 Å². The van der Waals surface area contributed by atoms with Gasteiger partial charge in [-0.05, 0) is 49.4 Å². The SMILES string of the molecule is CC(=O)Nc1ccc(NC(=O)c2ccc3cc4n(c3c2)C(C)CNC4=O)cc1. The molecule has 2 aromatic carbocycles. The van der Waals surface area contributed by atoms with E-state index in [1.807, 2.05) is 29.7 Å². The lowest BCUT2D eigenvalue weighted by Crippen LogP contribution is -2.37. The quantitative estimate of drug-likeness (QED) is 0.656. The summed E-state index contributed by atoms with van der Waals surface area (Å²) < 4.78 is 1.98. The summed E-state index contributed by atoms with van der Waals surface area (Å²) in [7, 11) is 0. The van der Waals surface area contributed by atoms with Crippen molar-refractivity contribution in [2.45, 2.75) is 19.9 Å². The first kappa shape index (κ1) is 17.8. The molecule has 1 unspecified atom stereocenters. The number of aromatic nitrogens is 1. The molecule has 1 aliphatic rings. The summed E-state index contributed by atoms with van der Waals surface area (Å²) in [5.41, 5.74) is 3.28. The van der Waals surface area contributed by atoms with Crippen molar-refractivity contribution in [2.24, 2.45) is 0 Å². The van der Waals surface area contributed by atoms with Crippen molar-refractivity contribution in [3.8, 4) is 0 Å². The van der Waals surface area contributed by atoms with E-state index in [-0.39, 0.29) is 23.8 Å². The van der Waals surface area contributed by atoms with E-state index in [4.69, 9.17) is 0 Å². The van der Waals surface area contributed by atoms with E-state index in [0.29, 0.717) is 29.2 Å². The lowest BCUT2D eigenvalue weighted by molar-refractivity contribution is -0.114. The second kappa shape index (κ2) is 6.84. The number of fused-ring (bicyclic) bond motifs is 3. The summed E-state index contributed by atoms with van der Waals surface area (Å²) in [6.07, 6.45) is 0. The molecule has 1 aromatic heterocycles. The zero-order chi connectivity index (χ0) is 19.8. The number of anilines is 2. The van der Waals surface area contributed by atoms with Gasteiger partial charge < -0.3 is 20.5 Å². The Bertz CT molecular complexity index is 1100. The summed E-state index contributed by atoms with van der Waals surface area (Å²) >= 11 is 0. The monoisotopic (exact) mass is 376 g/mol. The Kier molecular flexibility index (Phi) is 4.35. The maximum Gasteiger partial charge on any atom is 0.268 e. The number of hydrogen-bond donors (Lipinski definition) is 3. The molecule has 0 spiro atoms. The van der Waals surface area contributed by atoms with Crippen LogP contribution in [0.3, 0.4) is 0 Å². The summed E-state index contributed by atoms with van der Waals surface area (Å²) in [6, 6.07) is 14.3. The highest BCUT2D eigenvalue weighted by atomic mass is 16.2. The smallest absolute Gasteiger partial charge is 0.268 e. The van der Waals surface area contributed by atoms with Gasteiger partial charge in [0.15, 0.2) is 0 Å². The van der Waals surface area contributed by atoms with Crippen molar-refractivity contribution >= 4 is 40.0 Å². The molecular formula is C21H20N4O3. The average Bonchev–Trinajstić information content (AvgIpc) is 3.06. The lowest BCUT2D eigenvalue weighted by atomic mass is 10.1. The third-order valence-corrected chi connectivity index (χ3v) is 4.80. The molecule has 0 radical (unpaired) electrons. The van der Waals surface area contributed by atoms with Crippen molar-refractivity contribution in [3.05, 3.63) is 59.8 Å². The van der Waals surface area contributed by atoms with Gasteiger partial charge in [-0.3, -0.25) is 14.4 Å². The van der Waals surface area contributed by atoms with Crippen LogP contribution in [-0.4, -0.2) is 28.8 Å². The molecule has 0 bridgehead atoms. The predicted octanol–water partition coefficient (Wildman–Crippen LogP) is 3.16. The maximum absolute atomic E-state index is 12.7. The Morgan fingerprint density at radius 2 is 1.71 bits per heavy atom. The maximum atomic E-state index is 12.7. The molecule has 3 aromatic rings. The van der Waals surface area contributed by atoms with E-state index in [9.17, 15) is 14.4 Å². The number of rotatable bonds is 3. The number of carbonyl (C=O) groups excluding carboxylic acids is 3. The van der Waals surface area contributed by atoms with Crippen LogP contribution in [0.1, 0.15) is 40.7 Å². The first-order chi connectivity index (χ1) is 13.4. The molecule has 7 nitrogen and oxygen atoms in total. The molecule has 1 atom stereocenters. The topological polar surface area (TPSA) is 92.2 Å². The highest BCUT2D eigenvalue weighted by molar-refractivity contribution is 6.07. The fourth-order valence-corrected chi connectivity index (χ4v) is 3.48. The van der Waals surface area contributed by atoms with Crippen LogP contribution < -0.4 is 16.0 Å². The molecule has 0 saturated heterocycles. The van der Waals surface area contributed by atoms with Gasteiger partial charge in [0.25, 0.3) is 11.8 Å². The molecule has 1 aliphatic heterocycles. The Morgan fingerprint density at radius 1 is 1.04 bits per heavy atom. The van der Waals surface area contributed by atoms with Gasteiger partial charge in [0.2, 0.25) is 5.91 Å². The van der Waals surface area contributed by atoms with E-state index in [0.717, 1.165) is 10.9 Å². The lowest BCUT2D eigenvalue weighted by Gasteiger charge is -2.24. The van der Waals surface area contributed by atoms with Gasteiger partial charge in [-0.1, -0.05) is 6.07 Å². The van der Waals surface area contributed by atoms with E-state index in [1.165, 1.54) is 6.92 Å². The van der Waals surface area contributed by atoms with E-state index in [1.54, 1.807) is 30.3 Å². The largest absolute Gasteiger partial charge is 0.349 e. The van der Waals surface area contributed by atoms with Crippen LogP contribution in [0.4, 0.5) is 11.4 Å². The Balaban J connectivity index is 1.60. The molecule has 0 fully saturated rings. The van der Waals surface area contributed by atoms with E-state index < -0.39 is 0 Å². The van der Waals surface area contributed by atoms with E-state index >= 15 is 0 Å². The van der Waals surface area contributed by atoms with Crippen LogP contribution in [0.15, 0.2) is 48.5 Å². The van der Waals surface area contributed by atoms with Crippen molar-refractivity contribution < 1.29 is 14.4 Å². The molecule has 2 heterocycles. The third kappa shape index (κ3) is 3.22. The fraction of sp³-hybridized carbons (Fsp3) is 0.190. The summed E-state index contributed by atoms with van der Waals surface area (Å²) in [5, 5.41) is 9.34. The second-order valence-corrected chi connectivity index (χ2v) is 6.94. The third-order valence-electron chi connectivity index (χ3n) is 4.80. The van der Waals surface area contributed by atoms with Gasteiger partial charge in [0.1, 0.15) is 5.69 Å². The normalized spacial score (nSPS) is 15.6. The van der Waals surface area contributed by atoms with Crippen LogP contribution >= 0.6 is 0 Å². The van der Waals surface area contributed by atoms with Crippen molar-refractivity contribution in [3.63, 3.8) is 0 Å². The highest BCUT2D eigenvalue weighted by Gasteiger charge is 2.24. The van der Waals surface area contributed by atoms with Crippen LogP contribution in [0.5, 0.6) is 0 Å². The van der Waals surface area contributed by atoms with Crippen molar-refractivity contribution in [1.29, 1.82) is 0 Å². The van der Waals surface area contributed by atoms with Gasteiger partial charge in [0, 0.05) is 47.4 Å². The predicted molar refractivity (Wildman–Crippen MR) is 108 cm³/mol. The summed E-state index contributed by atoms with van der Waals surface area (Å²) in [5.74, 6) is -0.485. The number of benzene rings is 2. The molecular weight excluding hydrogens is 356 g/mol. The van der Waals surface area contributed by atoms with Crippen LogP contribution in [0.25, 0.3) is 10.9 Å². The second-order valence-electron chi connectivity index (χ2n) is 6.94. The van der Waals surface area contributed by atoms with Crippen LogP contribution in [0.2, 0.25) is 0 Å². The van der Waals surface area contributed by atoms with Gasteiger partial charge in [-0.2, -0.15) is 0 Å². The summed E-state index contributed by atoms with van der Waals surface area (Å²) in [6.45, 7) is 4.04. The zero-order valence-corrected chi connectivity index (χ0v) is 15.6. The first-order valence-electron chi connectivity index (χ1n) is 9.04. The van der Waals surface area contributed by atoms with Gasteiger partial charge in [0.05, 0.1) is 0 Å². The Labute approximate surface area is 161 Å². The summed E-state index contributed by atoms with van der Waals surface area (Å²) in [4.78, 5) is 35.9. The number of hydrogen-bond acceptors (Lipinski definition) is 3. The van der Waals surface area contributed by atoms with E-state index in [2.05, 4.69) is 16.0 Å².